The zero-order valence-corrected chi connectivity index (χ0v) is 25.4. The minimum atomic E-state index is -1.10. The topological polar surface area (TPSA) is 13.1 Å². The Balaban J connectivity index is 1.38. The number of hydrogen-bond acceptors (Lipinski definition) is 1. The first-order valence-electron chi connectivity index (χ1n) is 30.2. The Morgan fingerprint density at radius 1 is 0.314 bits per heavy atom. The number of furan rings is 1. The second-order valence-corrected chi connectivity index (χ2v) is 11.3. The molecule has 0 saturated carbocycles. The van der Waals surface area contributed by atoms with Crippen molar-refractivity contribution in [2.24, 2.45) is 0 Å². The summed E-state index contributed by atoms with van der Waals surface area (Å²) < 4.78 is 278. The van der Waals surface area contributed by atoms with E-state index in [4.69, 9.17) is 27.7 Å². The molecule has 0 atom stereocenters. The number of fused-ring (bicyclic) bond motifs is 9. The summed E-state index contributed by atoms with van der Waals surface area (Å²) in [6, 6.07) is -27.9. The van der Waals surface area contributed by atoms with Gasteiger partial charge >= 0.3 is 0 Å². The van der Waals surface area contributed by atoms with Crippen molar-refractivity contribution >= 4 is 75.8 Å². The van der Waals surface area contributed by atoms with Crippen molar-refractivity contribution < 1.29 is 45.5 Å². The van der Waals surface area contributed by atoms with Gasteiger partial charge in [0.05, 0.1) is 41.1 Å². The summed E-state index contributed by atoms with van der Waals surface area (Å²) in [5.74, 6) is 0. The fraction of sp³-hybridized carbons (Fsp3) is 0. The summed E-state index contributed by atoms with van der Waals surface area (Å²) in [6.45, 7) is 0. The van der Waals surface area contributed by atoms with Crippen LogP contribution in [0.15, 0.2) is 186 Å². The van der Waals surface area contributed by atoms with Gasteiger partial charge in [-0.2, -0.15) is 0 Å². The molecule has 0 fully saturated rings. The lowest BCUT2D eigenvalue weighted by atomic mass is 9.85. The van der Waals surface area contributed by atoms with E-state index in [1.807, 2.05) is 0 Å². The summed E-state index contributed by atoms with van der Waals surface area (Å²) in [4.78, 5) is 0. The van der Waals surface area contributed by atoms with E-state index in [-0.39, 0.29) is 0 Å². The summed E-state index contributed by atoms with van der Waals surface area (Å²) in [5, 5.41) is -7.82. The normalized spacial score (nSPS) is 20.2. The van der Waals surface area contributed by atoms with Gasteiger partial charge in [-0.1, -0.05) is 151 Å². The monoisotopic (exact) mass is 676 g/mol. The largest absolute Gasteiger partial charge is 0.456 e. The molecule has 1 nitrogen and oxygen atoms in total. The average molecular weight is 677 g/mol. The van der Waals surface area contributed by atoms with Crippen molar-refractivity contribution in [3.63, 3.8) is 0 Å². The van der Waals surface area contributed by atoms with Gasteiger partial charge in [-0.25, -0.2) is 0 Å². The third-order valence-electron chi connectivity index (χ3n) is 8.51. The predicted molar refractivity (Wildman–Crippen MR) is 218 cm³/mol. The first-order chi connectivity index (χ1) is 37.8. The van der Waals surface area contributed by atoms with Crippen LogP contribution in [0.3, 0.4) is 0 Å². The van der Waals surface area contributed by atoms with Crippen LogP contribution in [-0.2, 0) is 0 Å². The fourth-order valence-corrected chi connectivity index (χ4v) is 6.33. The Hall–Kier alpha value is -6.70. The average Bonchev–Trinajstić information content (AvgIpc) is 4.05. The number of para-hydroxylation sites is 1. The van der Waals surface area contributed by atoms with Crippen LogP contribution in [0.4, 0.5) is 0 Å². The van der Waals surface area contributed by atoms with Crippen molar-refractivity contribution in [2.45, 2.75) is 0 Å². The second kappa shape index (κ2) is 10.9. The fourth-order valence-electron chi connectivity index (χ4n) is 6.33. The molecule has 1 heteroatoms. The van der Waals surface area contributed by atoms with Crippen LogP contribution in [-0.4, -0.2) is 0 Å². The summed E-state index contributed by atoms with van der Waals surface area (Å²) in [5.41, 5.74) is -5.78. The van der Waals surface area contributed by atoms with Gasteiger partial charge in [0.25, 0.3) is 0 Å². The van der Waals surface area contributed by atoms with Gasteiger partial charge in [-0.3, -0.25) is 0 Å². The van der Waals surface area contributed by atoms with E-state index < -0.39 is 290 Å². The summed E-state index contributed by atoms with van der Waals surface area (Å²) >= 11 is 0. The Kier molecular flexibility index (Phi) is 2.50. The molecule has 11 aromatic rings. The minimum absolute atomic E-state index is 0.416. The number of rotatable bonds is 3. The number of hydrogen-bond donors (Lipinski definition) is 0. The molecule has 0 N–H and O–H groups in total. The van der Waals surface area contributed by atoms with E-state index in [9.17, 15) is 17.8 Å². The van der Waals surface area contributed by atoms with Crippen LogP contribution in [0.25, 0.3) is 109 Å². The molecule has 0 amide bonds. The van der Waals surface area contributed by atoms with Gasteiger partial charge in [-0.15, -0.1) is 0 Å². The number of benzene rings is 10. The molecule has 0 aliphatic heterocycles. The SMILES string of the molecule is [2H]c1c([2H])c([2H])c2c(oc3c([2H])c([2H])c4c([2H])c([2H])c(-c5c6c([2H])c([2H])c([2H])c([2H])c6c(-c6c([2H])c([2H])c7c([2H])c(-c8c([2H])c([2H])c([2H])c9c([2H])c([2H])c([2H])c([2H])c89)c([2H])c([2H])c7c6[2H])c6c([2H])c([2H])c([2H])c([2H])c56)c([2H])c4c32)c1[2H]. The molecule has 236 valence electrons. The third-order valence-corrected chi connectivity index (χ3v) is 8.51. The van der Waals surface area contributed by atoms with Crippen molar-refractivity contribution in [3.05, 3.63) is 181 Å². The van der Waals surface area contributed by atoms with E-state index >= 15 is 0 Å². The van der Waals surface area contributed by atoms with Crippen LogP contribution < -0.4 is 0 Å². The molecule has 1 aromatic heterocycles. The Morgan fingerprint density at radius 3 is 1.51 bits per heavy atom. The summed E-state index contributed by atoms with van der Waals surface area (Å²) in [6.07, 6.45) is 0. The van der Waals surface area contributed by atoms with Gasteiger partial charge in [0.1, 0.15) is 11.2 Å². The molecule has 0 spiro atoms. The Morgan fingerprint density at radius 2 is 0.804 bits per heavy atom. The third kappa shape index (κ3) is 4.28. The van der Waals surface area contributed by atoms with E-state index in [1.165, 1.54) is 0 Å². The maximum atomic E-state index is 9.98. The smallest absolute Gasteiger partial charge is 0.136 e. The van der Waals surface area contributed by atoms with Crippen LogP contribution in [0.2, 0.25) is 0 Å². The Labute approximate surface area is 336 Å². The molecule has 51 heavy (non-hydrogen) atoms. The first kappa shape index (κ1) is 11.7. The maximum absolute atomic E-state index is 9.98. The molecule has 10 aromatic carbocycles. The standard InChI is InChI=1S/C50H30O/c1-2-12-38-31(10-1)11-9-18-39(38)35-23-21-34-29-36(25-22-33(34)28-35)48-40-13-3-5-15-42(40)49(43-16-6-4-14-41(43)48)37-24-20-32-26-27-47-50(45(32)30-37)44-17-7-8-19-46(44)51-47/h1-30H/i1D,2D,3D,4D,5D,6D,7D,8D,9D,10D,11D,12D,13D,14D,15D,16D,17D,18D,19D,20D,21D,22D,23D,24D,25D,26D,27D,28D,29D,30D. The lowest BCUT2D eigenvalue weighted by molar-refractivity contribution is 0.669. The zero-order valence-electron chi connectivity index (χ0n) is 55.4. The molecule has 0 aliphatic rings. The highest BCUT2D eigenvalue weighted by atomic mass is 16.3. The predicted octanol–water partition coefficient (Wildman–Crippen LogP) is 14.4. The molecule has 0 saturated heterocycles. The van der Waals surface area contributed by atoms with Crippen molar-refractivity contribution in [1.82, 2.24) is 0 Å². The van der Waals surface area contributed by atoms with Crippen molar-refractivity contribution in [3.8, 4) is 33.4 Å². The molecule has 0 bridgehead atoms. The van der Waals surface area contributed by atoms with Gasteiger partial charge < -0.3 is 4.42 Å². The highest BCUT2D eigenvalue weighted by Crippen LogP contribution is 2.45. The quantitative estimate of drug-likeness (QED) is 0.170. The van der Waals surface area contributed by atoms with Gasteiger partial charge in [0, 0.05) is 10.8 Å². The lowest BCUT2D eigenvalue weighted by Gasteiger charge is -2.18. The van der Waals surface area contributed by atoms with Gasteiger partial charge in [-0.05, 0) is 117 Å². The van der Waals surface area contributed by atoms with Crippen molar-refractivity contribution in [2.75, 3.05) is 0 Å². The second-order valence-electron chi connectivity index (χ2n) is 11.3. The van der Waals surface area contributed by atoms with E-state index in [0.717, 1.165) is 0 Å². The molecular formula is C50H30O. The van der Waals surface area contributed by atoms with E-state index in [1.54, 1.807) is 0 Å². The molecule has 0 radical (unpaired) electrons. The Bertz CT molecular complexity index is 4840. The lowest BCUT2D eigenvalue weighted by Crippen LogP contribution is -1.91. The van der Waals surface area contributed by atoms with E-state index in [0.29, 0.717) is 0 Å². The summed E-state index contributed by atoms with van der Waals surface area (Å²) in [7, 11) is 0. The van der Waals surface area contributed by atoms with Crippen LogP contribution >= 0.6 is 0 Å². The molecule has 1 heterocycles. The van der Waals surface area contributed by atoms with Crippen LogP contribution in [0, 0.1) is 0 Å². The zero-order chi connectivity index (χ0) is 59.6. The van der Waals surface area contributed by atoms with Gasteiger partial charge in [0.2, 0.25) is 0 Å². The molecule has 0 unspecified atom stereocenters. The molecular weight excluding hydrogens is 617 g/mol. The highest BCUT2D eigenvalue weighted by Gasteiger charge is 2.18. The van der Waals surface area contributed by atoms with Crippen LogP contribution in [0.1, 0.15) is 41.1 Å². The first-order valence-corrected chi connectivity index (χ1v) is 15.2. The van der Waals surface area contributed by atoms with E-state index in [2.05, 4.69) is 0 Å². The molecule has 0 aliphatic carbocycles. The minimum Gasteiger partial charge on any atom is -0.456 e. The van der Waals surface area contributed by atoms with Crippen molar-refractivity contribution in [1.29, 1.82) is 0 Å². The van der Waals surface area contributed by atoms with Gasteiger partial charge in [0.15, 0.2) is 0 Å². The van der Waals surface area contributed by atoms with Crippen LogP contribution in [0.5, 0.6) is 0 Å². The highest BCUT2D eigenvalue weighted by molar-refractivity contribution is 6.24. The molecule has 11 rings (SSSR count). The maximum Gasteiger partial charge on any atom is 0.136 e.